The van der Waals surface area contributed by atoms with Crippen LogP contribution >= 0.6 is 0 Å². The third kappa shape index (κ3) is 3.52. The van der Waals surface area contributed by atoms with Crippen molar-refractivity contribution in [3.63, 3.8) is 0 Å². The van der Waals surface area contributed by atoms with Crippen molar-refractivity contribution in [2.75, 3.05) is 5.32 Å². The summed E-state index contributed by atoms with van der Waals surface area (Å²) in [6.45, 7) is 3.40. The lowest BCUT2D eigenvalue weighted by Crippen LogP contribution is -2.44. The van der Waals surface area contributed by atoms with Gasteiger partial charge in [0, 0.05) is 11.6 Å². The number of carbonyl (C=O) groups excluding carboxylic acids is 2. The lowest BCUT2D eigenvalue weighted by Gasteiger charge is -2.22. The predicted octanol–water partition coefficient (Wildman–Crippen LogP) is 3.11. The van der Waals surface area contributed by atoms with E-state index >= 15 is 0 Å². The first-order valence-electron chi connectivity index (χ1n) is 7.94. The van der Waals surface area contributed by atoms with E-state index in [0.29, 0.717) is 17.0 Å². The standard InChI is InChI=1S/C19H19N3O3/c1-19(2,17(23)21-12-14-8-5-11-25-14)18(24)22-15-9-3-6-13-7-4-10-20-16(13)15/h3-11H,12H2,1-2H3,(H,21,23)(H,22,24). The topological polar surface area (TPSA) is 84.2 Å². The van der Waals surface area contributed by atoms with Crippen LogP contribution in [0.1, 0.15) is 19.6 Å². The minimum Gasteiger partial charge on any atom is -0.467 e. The summed E-state index contributed by atoms with van der Waals surface area (Å²) in [7, 11) is 0. The van der Waals surface area contributed by atoms with Crippen LogP contribution in [-0.2, 0) is 16.1 Å². The summed E-state index contributed by atoms with van der Waals surface area (Å²) in [5, 5.41) is 6.45. The van der Waals surface area contributed by atoms with E-state index in [1.807, 2.05) is 24.3 Å². The summed E-state index contributed by atoms with van der Waals surface area (Å²) in [5.74, 6) is -0.153. The maximum Gasteiger partial charge on any atom is 0.239 e. The Bertz CT molecular complexity index is 896. The molecule has 2 amide bonds. The molecule has 2 N–H and O–H groups in total. The number of para-hydroxylation sites is 1. The van der Waals surface area contributed by atoms with E-state index in [0.717, 1.165) is 5.39 Å². The van der Waals surface area contributed by atoms with Gasteiger partial charge in [0.1, 0.15) is 11.2 Å². The molecule has 0 atom stereocenters. The Labute approximate surface area is 145 Å². The number of rotatable bonds is 5. The Morgan fingerprint density at radius 3 is 2.64 bits per heavy atom. The quantitative estimate of drug-likeness (QED) is 0.701. The van der Waals surface area contributed by atoms with Gasteiger partial charge >= 0.3 is 0 Å². The fourth-order valence-electron chi connectivity index (χ4n) is 2.39. The highest BCUT2D eigenvalue weighted by atomic mass is 16.3. The molecular weight excluding hydrogens is 318 g/mol. The molecule has 25 heavy (non-hydrogen) atoms. The van der Waals surface area contributed by atoms with Crippen LogP contribution in [0.4, 0.5) is 5.69 Å². The van der Waals surface area contributed by atoms with Gasteiger partial charge in [-0.25, -0.2) is 0 Å². The monoisotopic (exact) mass is 337 g/mol. The number of furan rings is 1. The van der Waals surface area contributed by atoms with Crippen LogP contribution in [0.5, 0.6) is 0 Å². The summed E-state index contributed by atoms with van der Waals surface area (Å²) in [5.41, 5.74) is 0.0175. The molecule has 0 radical (unpaired) electrons. The zero-order valence-electron chi connectivity index (χ0n) is 14.1. The minimum absolute atomic E-state index is 0.234. The summed E-state index contributed by atoms with van der Waals surface area (Å²) >= 11 is 0. The van der Waals surface area contributed by atoms with Crippen LogP contribution in [0.25, 0.3) is 10.9 Å². The molecule has 0 aliphatic rings. The van der Waals surface area contributed by atoms with Crippen LogP contribution in [-0.4, -0.2) is 16.8 Å². The molecule has 0 fully saturated rings. The first kappa shape index (κ1) is 16.7. The number of nitrogens with one attached hydrogen (secondary N) is 2. The maximum atomic E-state index is 12.7. The Balaban J connectivity index is 1.73. The molecule has 6 heteroatoms. The van der Waals surface area contributed by atoms with Crippen molar-refractivity contribution < 1.29 is 14.0 Å². The molecule has 3 aromatic rings. The van der Waals surface area contributed by atoms with Crippen LogP contribution in [0.2, 0.25) is 0 Å². The van der Waals surface area contributed by atoms with Crippen LogP contribution in [0.15, 0.2) is 59.3 Å². The summed E-state index contributed by atoms with van der Waals surface area (Å²) < 4.78 is 5.18. The zero-order valence-corrected chi connectivity index (χ0v) is 14.1. The van der Waals surface area contributed by atoms with Gasteiger partial charge in [-0.05, 0) is 38.1 Å². The van der Waals surface area contributed by atoms with Crippen molar-refractivity contribution in [3.8, 4) is 0 Å². The van der Waals surface area contributed by atoms with Crippen molar-refractivity contribution in [2.45, 2.75) is 20.4 Å². The second-order valence-electron chi connectivity index (χ2n) is 6.22. The molecule has 6 nitrogen and oxygen atoms in total. The highest BCUT2D eigenvalue weighted by molar-refractivity contribution is 6.12. The number of hydrogen-bond donors (Lipinski definition) is 2. The summed E-state index contributed by atoms with van der Waals surface area (Å²) in [6.07, 6.45) is 3.20. The number of pyridine rings is 1. The second kappa shape index (κ2) is 6.76. The van der Waals surface area contributed by atoms with Gasteiger partial charge in [0.05, 0.1) is 24.0 Å². The fourth-order valence-corrected chi connectivity index (χ4v) is 2.39. The predicted molar refractivity (Wildman–Crippen MR) is 94.7 cm³/mol. The first-order chi connectivity index (χ1) is 12.0. The highest BCUT2D eigenvalue weighted by Gasteiger charge is 2.36. The molecule has 0 saturated heterocycles. The number of hydrogen-bond acceptors (Lipinski definition) is 4. The molecule has 2 aromatic heterocycles. The van der Waals surface area contributed by atoms with E-state index < -0.39 is 11.3 Å². The molecule has 0 saturated carbocycles. The van der Waals surface area contributed by atoms with E-state index in [2.05, 4.69) is 15.6 Å². The Hall–Kier alpha value is -3.15. The van der Waals surface area contributed by atoms with E-state index in [1.165, 1.54) is 6.26 Å². The smallest absolute Gasteiger partial charge is 0.239 e. The average molecular weight is 337 g/mol. The number of amides is 2. The van der Waals surface area contributed by atoms with Gasteiger partial charge in [-0.2, -0.15) is 0 Å². The number of aromatic nitrogens is 1. The van der Waals surface area contributed by atoms with E-state index in [-0.39, 0.29) is 12.5 Å². The number of carbonyl (C=O) groups is 2. The van der Waals surface area contributed by atoms with Gasteiger partial charge in [0.2, 0.25) is 11.8 Å². The first-order valence-corrected chi connectivity index (χ1v) is 7.94. The normalized spacial score (nSPS) is 11.3. The van der Waals surface area contributed by atoms with Gasteiger partial charge in [-0.1, -0.05) is 18.2 Å². The Morgan fingerprint density at radius 2 is 1.88 bits per heavy atom. The molecule has 128 valence electrons. The van der Waals surface area contributed by atoms with Crippen LogP contribution in [0, 0.1) is 5.41 Å². The molecule has 0 aliphatic carbocycles. The lowest BCUT2D eigenvalue weighted by molar-refractivity contribution is -0.138. The molecule has 0 aliphatic heterocycles. The molecule has 0 unspecified atom stereocenters. The SMILES string of the molecule is CC(C)(C(=O)NCc1ccco1)C(=O)Nc1cccc2cccnc12. The molecule has 0 spiro atoms. The zero-order chi connectivity index (χ0) is 17.9. The largest absolute Gasteiger partial charge is 0.467 e. The average Bonchev–Trinajstić information content (AvgIpc) is 3.13. The summed E-state index contributed by atoms with van der Waals surface area (Å²) in [4.78, 5) is 29.4. The Morgan fingerprint density at radius 1 is 1.08 bits per heavy atom. The lowest BCUT2D eigenvalue weighted by atomic mass is 9.91. The van der Waals surface area contributed by atoms with Crippen molar-refractivity contribution in [3.05, 3.63) is 60.7 Å². The third-order valence-electron chi connectivity index (χ3n) is 4.02. The third-order valence-corrected chi connectivity index (χ3v) is 4.02. The van der Waals surface area contributed by atoms with Crippen molar-refractivity contribution in [1.29, 1.82) is 0 Å². The number of fused-ring (bicyclic) bond motifs is 1. The van der Waals surface area contributed by atoms with Gasteiger partial charge in [0.15, 0.2) is 0 Å². The molecule has 2 heterocycles. The van der Waals surface area contributed by atoms with Crippen LogP contribution in [0.3, 0.4) is 0 Å². The molecule has 3 rings (SSSR count). The Kier molecular flexibility index (Phi) is 4.52. The highest BCUT2D eigenvalue weighted by Crippen LogP contribution is 2.24. The second-order valence-corrected chi connectivity index (χ2v) is 6.22. The van der Waals surface area contributed by atoms with Crippen molar-refractivity contribution in [2.24, 2.45) is 5.41 Å². The molecule has 1 aromatic carbocycles. The van der Waals surface area contributed by atoms with Crippen molar-refractivity contribution >= 4 is 28.4 Å². The van der Waals surface area contributed by atoms with E-state index in [9.17, 15) is 9.59 Å². The van der Waals surface area contributed by atoms with Gasteiger partial charge < -0.3 is 15.1 Å². The van der Waals surface area contributed by atoms with Gasteiger partial charge in [-0.15, -0.1) is 0 Å². The van der Waals surface area contributed by atoms with Gasteiger partial charge in [-0.3, -0.25) is 14.6 Å². The molecular formula is C19H19N3O3. The van der Waals surface area contributed by atoms with E-state index in [4.69, 9.17) is 4.42 Å². The maximum absolute atomic E-state index is 12.7. The summed E-state index contributed by atoms with van der Waals surface area (Å²) in [6, 6.07) is 12.8. The number of anilines is 1. The molecule has 0 bridgehead atoms. The minimum atomic E-state index is -1.25. The van der Waals surface area contributed by atoms with Crippen molar-refractivity contribution in [1.82, 2.24) is 10.3 Å². The fraction of sp³-hybridized carbons (Fsp3) is 0.211. The van der Waals surface area contributed by atoms with Gasteiger partial charge in [0.25, 0.3) is 0 Å². The number of benzene rings is 1. The number of nitrogens with zero attached hydrogens (tertiary/aromatic N) is 1. The van der Waals surface area contributed by atoms with E-state index in [1.54, 1.807) is 38.2 Å². The van der Waals surface area contributed by atoms with Crippen LogP contribution < -0.4 is 10.6 Å².